The monoisotopic (exact) mass is 251 g/mol. The average molecular weight is 251 g/mol. The minimum Gasteiger partial charge on any atom is -0.480 e. The topological polar surface area (TPSA) is 78.8 Å². The molecule has 98 valence electrons. The summed E-state index contributed by atoms with van der Waals surface area (Å²) in [7, 11) is 0. The summed E-state index contributed by atoms with van der Waals surface area (Å²) in [6, 6.07) is 7.48. The number of nitrogens with one attached hydrogen (secondary N) is 1. The number of rotatable bonds is 4. The van der Waals surface area contributed by atoms with Crippen LogP contribution in [0.1, 0.15) is 12.5 Å². The van der Waals surface area contributed by atoms with Gasteiger partial charge in [-0.05, 0) is 18.6 Å². The molecule has 1 heterocycles. The normalized spacial score (nSPS) is 18.1. The van der Waals surface area contributed by atoms with Gasteiger partial charge in [-0.1, -0.05) is 18.2 Å². The molecule has 1 aromatic rings. The Morgan fingerprint density at radius 2 is 2.11 bits per heavy atom. The van der Waals surface area contributed by atoms with Crippen molar-refractivity contribution in [3.8, 4) is 5.75 Å². The van der Waals surface area contributed by atoms with E-state index < -0.39 is 11.6 Å². The highest BCUT2D eigenvalue weighted by Crippen LogP contribution is 2.28. The van der Waals surface area contributed by atoms with Crippen molar-refractivity contribution in [3.63, 3.8) is 0 Å². The van der Waals surface area contributed by atoms with Crippen LogP contribution in [0.5, 0.6) is 5.75 Å². The van der Waals surface area contributed by atoms with E-state index in [4.69, 9.17) is 14.9 Å². The van der Waals surface area contributed by atoms with Crippen LogP contribution >= 0.6 is 0 Å². The first kappa shape index (κ1) is 12.9. The lowest BCUT2D eigenvalue weighted by molar-refractivity contribution is -0.130. The molecule has 1 amide bonds. The highest BCUT2D eigenvalue weighted by molar-refractivity contribution is 5.83. The maximum atomic E-state index is 12.0. The number of ether oxygens (including phenoxy) is 1. The molecule has 1 unspecified atom stereocenters. The van der Waals surface area contributed by atoms with E-state index in [1.54, 1.807) is 6.92 Å². The van der Waals surface area contributed by atoms with E-state index in [0.717, 1.165) is 5.56 Å². The maximum absolute atomic E-state index is 12.0. The number of benzene rings is 1. The van der Waals surface area contributed by atoms with Crippen molar-refractivity contribution in [2.45, 2.75) is 25.0 Å². The van der Waals surface area contributed by atoms with Gasteiger partial charge in [0, 0.05) is 6.42 Å². The predicted octanol–water partition coefficient (Wildman–Crippen LogP) is -0.150. The molecule has 1 aliphatic rings. The summed E-state index contributed by atoms with van der Waals surface area (Å²) in [5.74, 6) is 0.393. The highest BCUT2D eigenvalue weighted by atomic mass is 16.5. The molecular weight excluding hydrogens is 234 g/mol. The number of hydrogen-bond acceptors (Lipinski definition) is 4. The number of amides is 1. The van der Waals surface area contributed by atoms with Crippen molar-refractivity contribution in [2.75, 3.05) is 13.2 Å². The van der Waals surface area contributed by atoms with Gasteiger partial charge in [-0.2, -0.15) is 0 Å². The molecule has 0 saturated heterocycles. The van der Waals surface area contributed by atoms with Crippen molar-refractivity contribution in [3.05, 3.63) is 29.8 Å². The largest absolute Gasteiger partial charge is 0.480 e. The summed E-state index contributed by atoms with van der Waals surface area (Å²) in [6.45, 7) is 0.927. The summed E-state index contributed by atoms with van der Waals surface area (Å²) in [4.78, 5) is 12.0. The second-order valence-corrected chi connectivity index (χ2v) is 4.78. The van der Waals surface area contributed by atoms with E-state index in [1.807, 2.05) is 24.3 Å². The van der Waals surface area contributed by atoms with Crippen LogP contribution in [0.4, 0.5) is 0 Å². The smallest absolute Gasteiger partial charge is 0.262 e. The Labute approximate surface area is 105 Å². The third-order valence-electron chi connectivity index (χ3n) is 3.06. The molecule has 18 heavy (non-hydrogen) atoms. The zero-order chi connectivity index (χ0) is 13.2. The second kappa shape index (κ2) is 4.96. The first-order valence-corrected chi connectivity index (χ1v) is 5.86. The van der Waals surface area contributed by atoms with Crippen LogP contribution in [-0.2, 0) is 11.2 Å². The van der Waals surface area contributed by atoms with Gasteiger partial charge in [0.1, 0.15) is 5.75 Å². The number of aliphatic hydroxyl groups excluding tert-OH is 2. The maximum Gasteiger partial charge on any atom is 0.262 e. The molecule has 0 spiro atoms. The summed E-state index contributed by atoms with van der Waals surface area (Å²) in [6.07, 6.45) is -0.0885. The average Bonchev–Trinajstić information content (AvgIpc) is 2.82. The fourth-order valence-electron chi connectivity index (χ4n) is 1.84. The molecule has 5 nitrogen and oxygen atoms in total. The third-order valence-corrected chi connectivity index (χ3v) is 3.06. The van der Waals surface area contributed by atoms with Crippen molar-refractivity contribution in [2.24, 2.45) is 0 Å². The SMILES string of the molecule is CC(CO)(CO)NC(=O)C1Cc2ccccc2O1. The molecule has 0 aromatic heterocycles. The lowest BCUT2D eigenvalue weighted by Crippen LogP contribution is -2.55. The number of carbonyl (C=O) groups is 1. The van der Waals surface area contributed by atoms with Gasteiger partial charge >= 0.3 is 0 Å². The minimum absolute atomic E-state index is 0.322. The van der Waals surface area contributed by atoms with Gasteiger partial charge in [0.2, 0.25) is 0 Å². The molecule has 1 aliphatic heterocycles. The van der Waals surface area contributed by atoms with E-state index in [2.05, 4.69) is 5.32 Å². The van der Waals surface area contributed by atoms with Gasteiger partial charge in [0.15, 0.2) is 6.10 Å². The summed E-state index contributed by atoms with van der Waals surface area (Å²) < 4.78 is 5.53. The Morgan fingerprint density at radius 3 is 2.72 bits per heavy atom. The fraction of sp³-hybridized carbons (Fsp3) is 0.462. The minimum atomic E-state index is -1.02. The van der Waals surface area contributed by atoms with Crippen LogP contribution in [0.25, 0.3) is 0 Å². The lowest BCUT2D eigenvalue weighted by atomic mass is 10.0. The number of fused-ring (bicyclic) bond motifs is 1. The molecule has 3 N–H and O–H groups in total. The molecule has 5 heteroatoms. The van der Waals surface area contributed by atoms with E-state index in [1.165, 1.54) is 0 Å². The van der Waals surface area contributed by atoms with Crippen LogP contribution in [0.2, 0.25) is 0 Å². The van der Waals surface area contributed by atoms with Crippen LogP contribution in [0.3, 0.4) is 0 Å². The molecule has 2 rings (SSSR count). The van der Waals surface area contributed by atoms with E-state index in [0.29, 0.717) is 12.2 Å². The fourth-order valence-corrected chi connectivity index (χ4v) is 1.84. The first-order chi connectivity index (χ1) is 8.58. The summed E-state index contributed by atoms with van der Waals surface area (Å²) in [5.41, 5.74) is -0.0257. The van der Waals surface area contributed by atoms with Crippen molar-refractivity contribution < 1.29 is 19.7 Å². The molecule has 0 bridgehead atoms. The molecule has 1 aromatic carbocycles. The van der Waals surface area contributed by atoms with Gasteiger partial charge in [-0.15, -0.1) is 0 Å². The standard InChI is InChI=1S/C13H17NO4/c1-13(7-15,8-16)14-12(17)11-6-9-4-2-3-5-10(9)18-11/h2-5,11,15-16H,6-8H2,1H3,(H,14,17). The number of hydrogen-bond donors (Lipinski definition) is 3. The third kappa shape index (κ3) is 2.47. The predicted molar refractivity (Wildman–Crippen MR) is 65.3 cm³/mol. The Hall–Kier alpha value is -1.59. The van der Waals surface area contributed by atoms with Crippen molar-refractivity contribution >= 4 is 5.91 Å². The van der Waals surface area contributed by atoms with Gasteiger partial charge in [0.05, 0.1) is 18.8 Å². The first-order valence-electron chi connectivity index (χ1n) is 5.86. The van der Waals surface area contributed by atoms with Crippen molar-refractivity contribution in [1.82, 2.24) is 5.32 Å². The van der Waals surface area contributed by atoms with Gasteiger partial charge in [0.25, 0.3) is 5.91 Å². The highest BCUT2D eigenvalue weighted by Gasteiger charge is 2.33. The van der Waals surface area contributed by atoms with Crippen LogP contribution in [-0.4, -0.2) is 41.0 Å². The lowest BCUT2D eigenvalue weighted by Gasteiger charge is -2.27. The van der Waals surface area contributed by atoms with E-state index >= 15 is 0 Å². The molecular formula is C13H17NO4. The van der Waals surface area contributed by atoms with Gasteiger partial charge < -0.3 is 20.3 Å². The second-order valence-electron chi connectivity index (χ2n) is 4.78. The van der Waals surface area contributed by atoms with Crippen LogP contribution < -0.4 is 10.1 Å². The number of aliphatic hydroxyl groups is 2. The molecule has 0 fully saturated rings. The quantitative estimate of drug-likeness (QED) is 0.695. The Kier molecular flexibility index (Phi) is 3.54. The zero-order valence-electron chi connectivity index (χ0n) is 10.2. The summed E-state index contributed by atoms with van der Waals surface area (Å²) >= 11 is 0. The van der Waals surface area contributed by atoms with Crippen molar-refractivity contribution in [1.29, 1.82) is 0 Å². The number of carbonyl (C=O) groups excluding carboxylic acids is 1. The zero-order valence-corrected chi connectivity index (χ0v) is 10.2. The molecule has 0 saturated carbocycles. The van der Waals surface area contributed by atoms with Gasteiger partial charge in [-0.3, -0.25) is 4.79 Å². The van der Waals surface area contributed by atoms with Crippen LogP contribution in [0.15, 0.2) is 24.3 Å². The van der Waals surface area contributed by atoms with Gasteiger partial charge in [-0.25, -0.2) is 0 Å². The van der Waals surface area contributed by atoms with Crippen LogP contribution in [0, 0.1) is 0 Å². The molecule has 0 radical (unpaired) electrons. The summed E-state index contributed by atoms with van der Waals surface area (Å²) in [5, 5.41) is 20.9. The Balaban J connectivity index is 2.01. The number of para-hydroxylation sites is 1. The Morgan fingerprint density at radius 1 is 1.44 bits per heavy atom. The van der Waals surface area contributed by atoms with E-state index in [9.17, 15) is 4.79 Å². The Bertz CT molecular complexity index is 417. The molecule has 0 aliphatic carbocycles. The molecule has 1 atom stereocenters. The van der Waals surface area contributed by atoms with E-state index in [-0.39, 0.29) is 19.1 Å².